The lowest BCUT2D eigenvalue weighted by Crippen LogP contribution is -2.32. The minimum Gasteiger partial charge on any atom is -0.339 e. The van der Waals surface area contributed by atoms with Crippen LogP contribution in [0, 0.1) is 0 Å². The SMILES string of the molecule is CC(C)c1nc(CN2CCCN(CCCS(C)(=O)=O)CC2)no1. The molecule has 1 aliphatic heterocycles. The van der Waals surface area contributed by atoms with Crippen LogP contribution in [0.4, 0.5) is 0 Å². The molecule has 1 aromatic rings. The van der Waals surface area contributed by atoms with Crippen LogP contribution < -0.4 is 0 Å². The highest BCUT2D eigenvalue weighted by atomic mass is 32.2. The Morgan fingerprint density at radius 3 is 2.52 bits per heavy atom. The van der Waals surface area contributed by atoms with Crippen LogP contribution in [-0.2, 0) is 16.4 Å². The smallest absolute Gasteiger partial charge is 0.229 e. The lowest BCUT2D eigenvalue weighted by molar-refractivity contribution is 0.245. The molecule has 23 heavy (non-hydrogen) atoms. The van der Waals surface area contributed by atoms with Crippen LogP contribution in [-0.4, -0.2) is 73.1 Å². The Morgan fingerprint density at radius 2 is 1.87 bits per heavy atom. The maximum Gasteiger partial charge on any atom is 0.229 e. The van der Waals surface area contributed by atoms with Crippen LogP contribution >= 0.6 is 0 Å². The summed E-state index contributed by atoms with van der Waals surface area (Å²) < 4.78 is 27.6. The summed E-state index contributed by atoms with van der Waals surface area (Å²) in [7, 11) is -2.85. The fourth-order valence-electron chi connectivity index (χ4n) is 2.72. The molecule has 0 amide bonds. The lowest BCUT2D eigenvalue weighted by Gasteiger charge is -2.20. The van der Waals surface area contributed by atoms with Crippen molar-refractivity contribution in [1.82, 2.24) is 19.9 Å². The first kappa shape index (κ1) is 18.4. The van der Waals surface area contributed by atoms with Gasteiger partial charge in [-0.2, -0.15) is 4.98 Å². The average molecular weight is 344 g/mol. The first-order valence-corrected chi connectivity index (χ1v) is 10.3. The lowest BCUT2D eigenvalue weighted by atomic mass is 10.2. The van der Waals surface area contributed by atoms with Crippen molar-refractivity contribution in [2.45, 2.75) is 39.2 Å². The maximum absolute atomic E-state index is 11.2. The molecule has 2 heterocycles. The van der Waals surface area contributed by atoms with Gasteiger partial charge in [-0.1, -0.05) is 19.0 Å². The molecule has 0 aliphatic carbocycles. The number of aromatic nitrogens is 2. The van der Waals surface area contributed by atoms with Gasteiger partial charge in [-0.15, -0.1) is 0 Å². The fraction of sp³-hybridized carbons (Fsp3) is 0.867. The molecule has 7 nitrogen and oxygen atoms in total. The molecule has 0 bridgehead atoms. The van der Waals surface area contributed by atoms with Gasteiger partial charge in [0.1, 0.15) is 9.84 Å². The van der Waals surface area contributed by atoms with Gasteiger partial charge < -0.3 is 9.42 Å². The second-order valence-corrected chi connectivity index (χ2v) is 8.92. The number of sulfone groups is 1. The molecule has 1 aromatic heterocycles. The predicted octanol–water partition coefficient (Wildman–Crippen LogP) is 1.14. The maximum atomic E-state index is 11.2. The van der Waals surface area contributed by atoms with E-state index in [2.05, 4.69) is 19.9 Å². The highest BCUT2D eigenvalue weighted by Gasteiger charge is 2.18. The van der Waals surface area contributed by atoms with Crippen molar-refractivity contribution in [3.05, 3.63) is 11.7 Å². The molecule has 0 unspecified atom stereocenters. The van der Waals surface area contributed by atoms with Gasteiger partial charge in [-0.3, -0.25) is 4.90 Å². The molecular formula is C15H28N4O3S. The van der Waals surface area contributed by atoms with Gasteiger partial charge in [0.05, 0.1) is 12.3 Å². The average Bonchev–Trinajstić information content (AvgIpc) is 2.80. The van der Waals surface area contributed by atoms with E-state index in [1.807, 2.05) is 13.8 Å². The first-order valence-electron chi connectivity index (χ1n) is 8.28. The Kier molecular flexibility index (Phi) is 6.55. The van der Waals surface area contributed by atoms with Gasteiger partial charge in [-0.25, -0.2) is 8.42 Å². The molecule has 0 saturated carbocycles. The number of hydrogen-bond acceptors (Lipinski definition) is 7. The summed E-state index contributed by atoms with van der Waals surface area (Å²) in [6.07, 6.45) is 3.09. The monoisotopic (exact) mass is 344 g/mol. The van der Waals surface area contributed by atoms with Crippen molar-refractivity contribution in [2.75, 3.05) is 44.7 Å². The summed E-state index contributed by atoms with van der Waals surface area (Å²) in [5.41, 5.74) is 0. The van der Waals surface area contributed by atoms with E-state index in [-0.39, 0.29) is 11.7 Å². The molecule has 1 saturated heterocycles. The van der Waals surface area contributed by atoms with E-state index in [0.29, 0.717) is 18.9 Å². The van der Waals surface area contributed by atoms with E-state index in [4.69, 9.17) is 4.52 Å². The molecule has 0 radical (unpaired) electrons. The summed E-state index contributed by atoms with van der Waals surface area (Å²) in [6.45, 7) is 9.57. The van der Waals surface area contributed by atoms with Crippen LogP contribution in [0.1, 0.15) is 44.3 Å². The molecule has 0 spiro atoms. The summed E-state index contributed by atoms with van der Waals surface area (Å²) in [5, 5.41) is 4.05. The fourth-order valence-corrected chi connectivity index (χ4v) is 3.38. The van der Waals surface area contributed by atoms with Crippen LogP contribution in [0.15, 0.2) is 4.52 Å². The number of rotatable bonds is 7. The summed E-state index contributed by atoms with van der Waals surface area (Å²) in [6, 6.07) is 0. The normalized spacial score (nSPS) is 18.4. The van der Waals surface area contributed by atoms with Gasteiger partial charge in [-0.05, 0) is 32.5 Å². The van der Waals surface area contributed by atoms with E-state index < -0.39 is 9.84 Å². The van der Waals surface area contributed by atoms with E-state index >= 15 is 0 Å². The third kappa shape index (κ3) is 6.56. The Labute approximate surface area is 138 Å². The zero-order chi connectivity index (χ0) is 16.9. The topological polar surface area (TPSA) is 79.5 Å². The van der Waals surface area contributed by atoms with Gasteiger partial charge in [0.25, 0.3) is 0 Å². The second-order valence-electron chi connectivity index (χ2n) is 6.66. The van der Waals surface area contributed by atoms with E-state index in [1.54, 1.807) is 0 Å². The summed E-state index contributed by atoms with van der Waals surface area (Å²) >= 11 is 0. The zero-order valence-electron chi connectivity index (χ0n) is 14.4. The molecule has 132 valence electrons. The van der Waals surface area contributed by atoms with Gasteiger partial charge in [0.15, 0.2) is 5.82 Å². The predicted molar refractivity (Wildman–Crippen MR) is 89.0 cm³/mol. The van der Waals surface area contributed by atoms with Crippen molar-refractivity contribution in [3.8, 4) is 0 Å². The highest BCUT2D eigenvalue weighted by molar-refractivity contribution is 7.90. The zero-order valence-corrected chi connectivity index (χ0v) is 15.2. The Hall–Kier alpha value is -0.990. The first-order chi connectivity index (χ1) is 10.8. The van der Waals surface area contributed by atoms with Crippen LogP contribution in [0.25, 0.3) is 0 Å². The Morgan fingerprint density at radius 1 is 1.17 bits per heavy atom. The molecular weight excluding hydrogens is 316 g/mol. The third-order valence-electron chi connectivity index (χ3n) is 4.01. The molecule has 8 heteroatoms. The third-order valence-corrected chi connectivity index (χ3v) is 5.04. The van der Waals surface area contributed by atoms with E-state index in [1.165, 1.54) is 6.26 Å². The quantitative estimate of drug-likeness (QED) is 0.733. The number of hydrogen-bond donors (Lipinski definition) is 0. The second kappa shape index (κ2) is 8.21. The van der Waals surface area contributed by atoms with Crippen LogP contribution in [0.3, 0.4) is 0 Å². The molecule has 0 aromatic carbocycles. The van der Waals surface area contributed by atoms with Crippen LogP contribution in [0.5, 0.6) is 0 Å². The van der Waals surface area contributed by atoms with Crippen molar-refractivity contribution in [2.24, 2.45) is 0 Å². The Balaban J connectivity index is 1.76. The minimum absolute atomic E-state index is 0.255. The molecule has 0 atom stereocenters. The largest absolute Gasteiger partial charge is 0.339 e. The standard InChI is InChI=1S/C15H28N4O3S/c1-13(2)15-16-14(17-22-15)12-19-7-4-6-18(9-10-19)8-5-11-23(3,20)21/h13H,4-12H2,1-3H3. The highest BCUT2D eigenvalue weighted by Crippen LogP contribution is 2.13. The van der Waals surface area contributed by atoms with E-state index in [0.717, 1.165) is 45.0 Å². The molecule has 1 fully saturated rings. The van der Waals surface area contributed by atoms with Crippen molar-refractivity contribution in [3.63, 3.8) is 0 Å². The molecule has 1 aliphatic rings. The van der Waals surface area contributed by atoms with Gasteiger partial charge in [0, 0.05) is 25.3 Å². The van der Waals surface area contributed by atoms with Crippen molar-refractivity contribution < 1.29 is 12.9 Å². The molecule has 2 rings (SSSR count). The van der Waals surface area contributed by atoms with Crippen molar-refractivity contribution >= 4 is 9.84 Å². The van der Waals surface area contributed by atoms with Gasteiger partial charge >= 0.3 is 0 Å². The Bertz CT molecular complexity index is 585. The summed E-state index contributed by atoms with van der Waals surface area (Å²) in [4.78, 5) is 9.12. The van der Waals surface area contributed by atoms with Gasteiger partial charge in [0.2, 0.25) is 5.89 Å². The number of nitrogens with zero attached hydrogens (tertiary/aromatic N) is 4. The van der Waals surface area contributed by atoms with Crippen molar-refractivity contribution in [1.29, 1.82) is 0 Å². The van der Waals surface area contributed by atoms with Crippen LogP contribution in [0.2, 0.25) is 0 Å². The summed E-state index contributed by atoms with van der Waals surface area (Å²) in [5.74, 6) is 1.97. The molecule has 0 N–H and O–H groups in total. The minimum atomic E-state index is -2.85. The van der Waals surface area contributed by atoms with E-state index in [9.17, 15) is 8.42 Å².